The van der Waals surface area contributed by atoms with E-state index in [1.54, 1.807) is 32.0 Å². The van der Waals surface area contributed by atoms with Gasteiger partial charge in [0.15, 0.2) is 11.6 Å². The average molecular weight is 260 g/mol. The summed E-state index contributed by atoms with van der Waals surface area (Å²) in [6.45, 7) is 3.40. The van der Waals surface area contributed by atoms with Crippen molar-refractivity contribution in [2.75, 3.05) is 0 Å². The minimum absolute atomic E-state index is 0.0147. The van der Waals surface area contributed by atoms with Gasteiger partial charge in [-0.25, -0.2) is 9.18 Å². The van der Waals surface area contributed by atoms with Gasteiger partial charge in [-0.2, -0.15) is 0 Å². The van der Waals surface area contributed by atoms with Gasteiger partial charge in [0.05, 0.1) is 0 Å². The van der Waals surface area contributed by atoms with Crippen LogP contribution in [0, 0.1) is 19.7 Å². The molecule has 0 spiro atoms. The van der Waals surface area contributed by atoms with Crippen molar-refractivity contribution in [2.24, 2.45) is 0 Å². The molecular weight excluding hydrogens is 247 g/mol. The lowest BCUT2D eigenvalue weighted by molar-refractivity contribution is 0.0694. The molecule has 0 aliphatic heterocycles. The van der Waals surface area contributed by atoms with Gasteiger partial charge < -0.3 is 9.84 Å². The number of aryl methyl sites for hydroxylation is 2. The molecule has 2 aromatic carbocycles. The van der Waals surface area contributed by atoms with E-state index in [-0.39, 0.29) is 17.1 Å². The van der Waals surface area contributed by atoms with Gasteiger partial charge in [-0.05, 0) is 37.6 Å². The van der Waals surface area contributed by atoms with Crippen molar-refractivity contribution in [1.82, 2.24) is 0 Å². The normalized spacial score (nSPS) is 10.3. The third-order valence-electron chi connectivity index (χ3n) is 2.74. The molecule has 1 N–H and O–H groups in total. The van der Waals surface area contributed by atoms with Crippen molar-refractivity contribution in [1.29, 1.82) is 0 Å². The predicted octanol–water partition coefficient (Wildman–Crippen LogP) is 3.93. The molecule has 0 heterocycles. The van der Waals surface area contributed by atoms with E-state index in [9.17, 15) is 9.18 Å². The van der Waals surface area contributed by atoms with Crippen molar-refractivity contribution >= 4 is 5.97 Å². The number of hydrogen-bond acceptors (Lipinski definition) is 2. The molecule has 0 fully saturated rings. The van der Waals surface area contributed by atoms with Crippen LogP contribution in [0.15, 0.2) is 36.4 Å². The van der Waals surface area contributed by atoms with E-state index in [0.717, 1.165) is 5.56 Å². The number of halogens is 1. The fraction of sp³-hybridized carbons (Fsp3) is 0.133. The first-order chi connectivity index (χ1) is 8.99. The molecule has 3 nitrogen and oxygen atoms in total. The molecule has 0 unspecified atom stereocenters. The Labute approximate surface area is 110 Å². The monoisotopic (exact) mass is 260 g/mol. The van der Waals surface area contributed by atoms with Crippen LogP contribution < -0.4 is 4.74 Å². The quantitative estimate of drug-likeness (QED) is 0.909. The Morgan fingerprint density at radius 2 is 1.89 bits per heavy atom. The molecule has 0 amide bonds. The smallest absolute Gasteiger partial charge is 0.339 e. The van der Waals surface area contributed by atoms with Crippen LogP contribution in [0.2, 0.25) is 0 Å². The summed E-state index contributed by atoms with van der Waals surface area (Å²) in [6.07, 6.45) is 0. The van der Waals surface area contributed by atoms with Crippen LogP contribution in [0.5, 0.6) is 11.5 Å². The maximum atomic E-state index is 13.8. The van der Waals surface area contributed by atoms with E-state index >= 15 is 0 Å². The molecular formula is C15H13FO3. The highest BCUT2D eigenvalue weighted by Gasteiger charge is 2.14. The lowest BCUT2D eigenvalue weighted by atomic mass is 10.1. The predicted molar refractivity (Wildman–Crippen MR) is 69.3 cm³/mol. The highest BCUT2D eigenvalue weighted by atomic mass is 19.1. The lowest BCUT2D eigenvalue weighted by Gasteiger charge is -2.11. The summed E-state index contributed by atoms with van der Waals surface area (Å²) in [5.41, 5.74) is 1.26. The Balaban J connectivity index is 2.44. The number of hydrogen-bond donors (Lipinski definition) is 1. The topological polar surface area (TPSA) is 46.5 Å². The van der Waals surface area contributed by atoms with Gasteiger partial charge in [-0.3, -0.25) is 0 Å². The van der Waals surface area contributed by atoms with E-state index < -0.39 is 11.8 Å². The lowest BCUT2D eigenvalue weighted by Crippen LogP contribution is -2.01. The summed E-state index contributed by atoms with van der Waals surface area (Å²) in [6, 6.07) is 9.48. The molecule has 4 heteroatoms. The Morgan fingerprint density at radius 1 is 1.16 bits per heavy atom. The second-order valence-electron chi connectivity index (χ2n) is 4.29. The highest BCUT2D eigenvalue weighted by Crippen LogP contribution is 2.29. The third kappa shape index (κ3) is 2.73. The summed E-state index contributed by atoms with van der Waals surface area (Å²) in [5.74, 6) is -1.44. The summed E-state index contributed by atoms with van der Waals surface area (Å²) in [4.78, 5) is 11.1. The zero-order chi connectivity index (χ0) is 14.0. The Kier molecular flexibility index (Phi) is 3.51. The number of rotatable bonds is 3. The summed E-state index contributed by atoms with van der Waals surface area (Å²) < 4.78 is 19.2. The second-order valence-corrected chi connectivity index (χ2v) is 4.29. The second kappa shape index (κ2) is 5.10. The van der Waals surface area contributed by atoms with Crippen LogP contribution in [0.4, 0.5) is 4.39 Å². The Morgan fingerprint density at radius 3 is 2.58 bits per heavy atom. The van der Waals surface area contributed by atoms with Gasteiger partial charge in [0, 0.05) is 0 Å². The highest BCUT2D eigenvalue weighted by molar-refractivity contribution is 5.91. The molecule has 0 radical (unpaired) electrons. The van der Waals surface area contributed by atoms with Crippen LogP contribution in [0.25, 0.3) is 0 Å². The van der Waals surface area contributed by atoms with Gasteiger partial charge in [-0.15, -0.1) is 0 Å². The number of aromatic carboxylic acids is 1. The Bertz CT molecular complexity index is 635. The molecule has 0 saturated carbocycles. The van der Waals surface area contributed by atoms with Crippen LogP contribution in [0.1, 0.15) is 21.5 Å². The first-order valence-electron chi connectivity index (χ1n) is 5.76. The largest absolute Gasteiger partial charge is 0.478 e. The van der Waals surface area contributed by atoms with Crippen LogP contribution in [-0.4, -0.2) is 11.1 Å². The van der Waals surface area contributed by atoms with E-state index in [4.69, 9.17) is 9.84 Å². The van der Waals surface area contributed by atoms with E-state index in [0.29, 0.717) is 5.56 Å². The minimum atomic E-state index is -1.10. The molecule has 0 saturated heterocycles. The molecule has 2 aromatic rings. The van der Waals surface area contributed by atoms with E-state index in [2.05, 4.69) is 0 Å². The van der Waals surface area contributed by atoms with Crippen molar-refractivity contribution in [3.05, 3.63) is 58.9 Å². The fourth-order valence-electron chi connectivity index (χ4n) is 1.72. The van der Waals surface area contributed by atoms with Gasteiger partial charge in [0.25, 0.3) is 0 Å². The van der Waals surface area contributed by atoms with Gasteiger partial charge in [-0.1, -0.05) is 23.8 Å². The summed E-state index contributed by atoms with van der Waals surface area (Å²) in [5, 5.41) is 9.12. The summed E-state index contributed by atoms with van der Waals surface area (Å²) >= 11 is 0. The van der Waals surface area contributed by atoms with Crippen molar-refractivity contribution < 1.29 is 19.0 Å². The number of carbonyl (C=O) groups is 1. The molecule has 0 aromatic heterocycles. The fourth-order valence-corrected chi connectivity index (χ4v) is 1.72. The molecule has 0 aliphatic rings. The molecule has 0 aliphatic carbocycles. The summed E-state index contributed by atoms with van der Waals surface area (Å²) in [7, 11) is 0. The van der Waals surface area contributed by atoms with Crippen LogP contribution in [-0.2, 0) is 0 Å². The van der Waals surface area contributed by atoms with Crippen LogP contribution >= 0.6 is 0 Å². The molecule has 19 heavy (non-hydrogen) atoms. The van der Waals surface area contributed by atoms with Gasteiger partial charge in [0.1, 0.15) is 11.3 Å². The molecule has 98 valence electrons. The van der Waals surface area contributed by atoms with Gasteiger partial charge in [0.2, 0.25) is 0 Å². The Hall–Kier alpha value is -2.36. The average Bonchev–Trinajstić information content (AvgIpc) is 2.36. The molecule has 0 atom stereocenters. The van der Waals surface area contributed by atoms with Crippen molar-refractivity contribution in [3.8, 4) is 11.5 Å². The zero-order valence-corrected chi connectivity index (χ0v) is 10.6. The third-order valence-corrected chi connectivity index (χ3v) is 2.74. The molecule has 2 rings (SSSR count). The number of ether oxygens (including phenoxy) is 1. The first kappa shape index (κ1) is 13.1. The number of carboxylic acids is 1. The van der Waals surface area contributed by atoms with E-state index in [1.165, 1.54) is 18.2 Å². The van der Waals surface area contributed by atoms with Gasteiger partial charge >= 0.3 is 5.97 Å². The van der Waals surface area contributed by atoms with Crippen molar-refractivity contribution in [3.63, 3.8) is 0 Å². The maximum absolute atomic E-state index is 13.8. The minimum Gasteiger partial charge on any atom is -0.478 e. The maximum Gasteiger partial charge on any atom is 0.339 e. The standard InChI is InChI=1S/C15H13FO3/c1-9-6-7-12(11(8-9)15(17)18)19-13-5-3-4-10(2)14(13)16/h3-8H,1-2H3,(H,17,18). The van der Waals surface area contributed by atoms with Crippen LogP contribution in [0.3, 0.4) is 0 Å². The van der Waals surface area contributed by atoms with Crippen molar-refractivity contribution in [2.45, 2.75) is 13.8 Å². The number of benzene rings is 2. The molecule has 0 bridgehead atoms. The van der Waals surface area contributed by atoms with E-state index in [1.807, 2.05) is 0 Å². The number of carboxylic acid groups (broad SMARTS) is 1. The first-order valence-corrected chi connectivity index (χ1v) is 5.76. The zero-order valence-electron chi connectivity index (χ0n) is 10.6. The SMILES string of the molecule is Cc1ccc(Oc2cccc(C)c2F)c(C(=O)O)c1.